The van der Waals surface area contributed by atoms with Crippen molar-refractivity contribution in [1.29, 1.82) is 0 Å². The van der Waals surface area contributed by atoms with E-state index in [0.29, 0.717) is 5.82 Å². The molecule has 0 radical (unpaired) electrons. The third-order valence-corrected chi connectivity index (χ3v) is 1.46. The summed E-state index contributed by atoms with van der Waals surface area (Å²) >= 11 is 0. The number of aryl methyl sites for hydroxylation is 1. The van der Waals surface area contributed by atoms with Crippen LogP contribution in [0.2, 0.25) is 0 Å². The van der Waals surface area contributed by atoms with Gasteiger partial charge in [-0.15, -0.1) is 0 Å². The summed E-state index contributed by atoms with van der Waals surface area (Å²) in [7, 11) is 0. The minimum atomic E-state index is -1.04. The molecule has 1 aromatic heterocycles. The van der Waals surface area contributed by atoms with Gasteiger partial charge < -0.3 is 5.11 Å². The van der Waals surface area contributed by atoms with Gasteiger partial charge in [0.05, 0.1) is 0 Å². The minimum Gasteiger partial charge on any atom is -0.479 e. The van der Waals surface area contributed by atoms with Crippen LogP contribution in [0.5, 0.6) is 0 Å². The molecular weight excluding hydrogens is 186 g/mol. The van der Waals surface area contributed by atoms with Crippen molar-refractivity contribution in [2.45, 2.75) is 13.3 Å². The van der Waals surface area contributed by atoms with Gasteiger partial charge in [-0.25, -0.2) is 20.2 Å². The second-order valence-corrected chi connectivity index (χ2v) is 2.53. The van der Waals surface area contributed by atoms with Crippen molar-refractivity contribution in [2.75, 3.05) is 12.1 Å². The SMILES string of the molecule is CCc1cc(NOCC(=O)O)ncn1. The van der Waals surface area contributed by atoms with Crippen molar-refractivity contribution in [3.8, 4) is 0 Å². The second-order valence-electron chi connectivity index (χ2n) is 2.53. The number of hydrogen-bond acceptors (Lipinski definition) is 5. The Kier molecular flexibility index (Phi) is 3.81. The molecule has 0 aliphatic carbocycles. The van der Waals surface area contributed by atoms with Gasteiger partial charge in [-0.2, -0.15) is 0 Å². The van der Waals surface area contributed by atoms with Crippen molar-refractivity contribution in [3.63, 3.8) is 0 Å². The minimum absolute atomic E-state index is 0.411. The monoisotopic (exact) mass is 197 g/mol. The van der Waals surface area contributed by atoms with E-state index >= 15 is 0 Å². The number of aromatic nitrogens is 2. The predicted octanol–water partition coefficient (Wildman–Crippen LogP) is 0.467. The van der Waals surface area contributed by atoms with Gasteiger partial charge in [0.2, 0.25) is 0 Å². The van der Waals surface area contributed by atoms with Crippen molar-refractivity contribution in [1.82, 2.24) is 9.97 Å². The summed E-state index contributed by atoms with van der Waals surface area (Å²) in [6.07, 6.45) is 2.18. The van der Waals surface area contributed by atoms with E-state index in [0.717, 1.165) is 12.1 Å². The number of carboxylic acids is 1. The normalized spacial score (nSPS) is 9.79. The van der Waals surface area contributed by atoms with Crippen LogP contribution in [-0.4, -0.2) is 27.7 Å². The Morgan fingerprint density at radius 2 is 2.43 bits per heavy atom. The quantitative estimate of drug-likeness (QED) is 0.667. The predicted molar refractivity (Wildman–Crippen MR) is 48.6 cm³/mol. The highest BCUT2D eigenvalue weighted by Gasteiger charge is 1.99. The molecule has 0 aliphatic rings. The van der Waals surface area contributed by atoms with E-state index in [4.69, 9.17) is 5.11 Å². The number of nitrogens with one attached hydrogen (secondary N) is 1. The molecule has 1 heterocycles. The second kappa shape index (κ2) is 5.13. The highest BCUT2D eigenvalue weighted by atomic mass is 16.7. The number of aliphatic carboxylic acids is 1. The Morgan fingerprint density at radius 3 is 3.07 bits per heavy atom. The Balaban J connectivity index is 2.46. The van der Waals surface area contributed by atoms with Crippen molar-refractivity contribution in [3.05, 3.63) is 18.1 Å². The summed E-state index contributed by atoms with van der Waals surface area (Å²) in [5, 5.41) is 8.29. The largest absolute Gasteiger partial charge is 0.479 e. The van der Waals surface area contributed by atoms with E-state index < -0.39 is 12.6 Å². The molecule has 76 valence electrons. The van der Waals surface area contributed by atoms with Crippen LogP contribution in [0, 0.1) is 0 Å². The molecule has 0 fully saturated rings. The van der Waals surface area contributed by atoms with Crippen molar-refractivity contribution >= 4 is 11.8 Å². The number of rotatable bonds is 5. The van der Waals surface area contributed by atoms with E-state index in [1.54, 1.807) is 6.07 Å². The van der Waals surface area contributed by atoms with Crippen molar-refractivity contribution in [2.24, 2.45) is 0 Å². The van der Waals surface area contributed by atoms with E-state index in [-0.39, 0.29) is 0 Å². The lowest BCUT2D eigenvalue weighted by Crippen LogP contribution is -2.12. The van der Waals surface area contributed by atoms with Gasteiger partial charge in [-0.3, -0.25) is 4.84 Å². The van der Waals surface area contributed by atoms with Gasteiger partial charge in [0.15, 0.2) is 12.4 Å². The maximum absolute atomic E-state index is 10.1. The number of hydrogen-bond donors (Lipinski definition) is 2. The van der Waals surface area contributed by atoms with Crippen LogP contribution in [0.1, 0.15) is 12.6 Å². The fourth-order valence-electron chi connectivity index (χ4n) is 0.819. The number of carboxylic acid groups (broad SMARTS) is 1. The topological polar surface area (TPSA) is 84.3 Å². The molecule has 1 aromatic rings. The zero-order valence-corrected chi connectivity index (χ0v) is 7.73. The first-order valence-electron chi connectivity index (χ1n) is 4.13. The molecule has 0 aromatic carbocycles. The zero-order valence-electron chi connectivity index (χ0n) is 7.73. The fourth-order valence-corrected chi connectivity index (χ4v) is 0.819. The number of nitrogens with zero attached hydrogens (tertiary/aromatic N) is 2. The molecule has 0 atom stereocenters. The van der Waals surface area contributed by atoms with E-state index in [9.17, 15) is 4.79 Å². The highest BCUT2D eigenvalue weighted by Crippen LogP contribution is 2.03. The van der Waals surface area contributed by atoms with Crippen LogP contribution < -0.4 is 5.48 Å². The Bertz CT molecular complexity index is 316. The van der Waals surface area contributed by atoms with Crippen LogP contribution in [-0.2, 0) is 16.1 Å². The summed E-state index contributed by atoms with van der Waals surface area (Å²) < 4.78 is 0. The molecule has 0 saturated heterocycles. The third kappa shape index (κ3) is 3.36. The average molecular weight is 197 g/mol. The van der Waals surface area contributed by atoms with E-state index in [2.05, 4.69) is 20.3 Å². The van der Waals surface area contributed by atoms with Crippen LogP contribution in [0.15, 0.2) is 12.4 Å². The molecule has 0 spiro atoms. The molecule has 14 heavy (non-hydrogen) atoms. The first-order valence-corrected chi connectivity index (χ1v) is 4.13. The van der Waals surface area contributed by atoms with Crippen molar-refractivity contribution < 1.29 is 14.7 Å². The molecule has 2 N–H and O–H groups in total. The fraction of sp³-hybridized carbons (Fsp3) is 0.375. The third-order valence-electron chi connectivity index (χ3n) is 1.46. The highest BCUT2D eigenvalue weighted by molar-refractivity contribution is 5.68. The molecule has 0 unspecified atom stereocenters. The molecule has 0 bridgehead atoms. The smallest absolute Gasteiger partial charge is 0.332 e. The molecule has 0 aliphatic heterocycles. The van der Waals surface area contributed by atoms with Crippen LogP contribution in [0.4, 0.5) is 5.82 Å². The van der Waals surface area contributed by atoms with Gasteiger partial charge in [-0.05, 0) is 6.42 Å². The first kappa shape index (κ1) is 10.4. The summed E-state index contributed by atoms with van der Waals surface area (Å²) in [6, 6.07) is 1.70. The van der Waals surface area contributed by atoms with Gasteiger partial charge in [0, 0.05) is 11.8 Å². The number of anilines is 1. The van der Waals surface area contributed by atoms with E-state index in [1.165, 1.54) is 6.33 Å². The van der Waals surface area contributed by atoms with Crippen LogP contribution >= 0.6 is 0 Å². The van der Waals surface area contributed by atoms with Gasteiger partial charge in [-0.1, -0.05) is 6.92 Å². The number of carbonyl (C=O) groups is 1. The summed E-state index contributed by atoms with van der Waals surface area (Å²) in [4.78, 5) is 22.6. The molecule has 1 rings (SSSR count). The summed E-state index contributed by atoms with van der Waals surface area (Å²) in [6.45, 7) is 1.55. The van der Waals surface area contributed by atoms with Crippen LogP contribution in [0.3, 0.4) is 0 Å². The standard InChI is InChI=1S/C8H11N3O3/c1-2-6-3-7(10-5-9-6)11-14-4-8(12)13/h3,5H,2,4H2,1H3,(H,12,13)(H,9,10,11). The maximum Gasteiger partial charge on any atom is 0.332 e. The Labute approximate surface area is 80.9 Å². The molecule has 0 amide bonds. The average Bonchev–Trinajstić information content (AvgIpc) is 2.18. The van der Waals surface area contributed by atoms with Gasteiger partial charge >= 0.3 is 5.97 Å². The lowest BCUT2D eigenvalue weighted by atomic mass is 10.3. The lowest BCUT2D eigenvalue weighted by molar-refractivity contribution is -0.141. The molecule has 6 nitrogen and oxygen atoms in total. The van der Waals surface area contributed by atoms with Crippen LogP contribution in [0.25, 0.3) is 0 Å². The van der Waals surface area contributed by atoms with E-state index in [1.807, 2.05) is 6.92 Å². The molecular formula is C8H11N3O3. The summed E-state index contributed by atoms with van der Waals surface area (Å²) in [5.41, 5.74) is 3.28. The molecule has 6 heteroatoms. The molecule has 0 saturated carbocycles. The summed E-state index contributed by atoms with van der Waals surface area (Å²) in [5.74, 6) is -0.583. The lowest BCUT2D eigenvalue weighted by Gasteiger charge is -2.04. The zero-order chi connectivity index (χ0) is 10.4. The Morgan fingerprint density at radius 1 is 1.64 bits per heavy atom. The maximum atomic E-state index is 10.1. The van der Waals surface area contributed by atoms with Gasteiger partial charge in [0.25, 0.3) is 0 Å². The Hall–Kier alpha value is -1.69. The first-order chi connectivity index (χ1) is 6.72. The van der Waals surface area contributed by atoms with Gasteiger partial charge in [0.1, 0.15) is 6.33 Å².